The molecule has 0 saturated heterocycles. The van der Waals surface area contributed by atoms with Gasteiger partial charge < -0.3 is 14.2 Å². The van der Waals surface area contributed by atoms with Crippen molar-refractivity contribution in [3.05, 3.63) is 147 Å². The number of benzene rings is 4. The molecule has 0 fully saturated rings. The van der Waals surface area contributed by atoms with Gasteiger partial charge in [0.1, 0.15) is 11.4 Å². The second-order valence-electron chi connectivity index (χ2n) is 10.5. The van der Waals surface area contributed by atoms with Gasteiger partial charge in [0.2, 0.25) is 5.76 Å². The first kappa shape index (κ1) is 25.0. The summed E-state index contributed by atoms with van der Waals surface area (Å²) in [6.07, 6.45) is 0.456. The van der Waals surface area contributed by atoms with Crippen LogP contribution in [-0.2, 0) is 23.3 Å². The second-order valence-corrected chi connectivity index (χ2v) is 10.5. The number of aryl methyl sites for hydroxylation is 1. The van der Waals surface area contributed by atoms with E-state index in [0.29, 0.717) is 28.6 Å². The molecule has 7 rings (SSSR count). The molecule has 7 heteroatoms. The number of anilines is 1. The number of hydrogen-bond donors (Lipinski definition) is 0. The Morgan fingerprint density at radius 1 is 0.854 bits per heavy atom. The van der Waals surface area contributed by atoms with Crippen molar-refractivity contribution in [3.8, 4) is 0 Å². The molecule has 202 valence electrons. The Balaban J connectivity index is 1.48. The average Bonchev–Trinajstić information content (AvgIpc) is 3.38. The van der Waals surface area contributed by atoms with Crippen molar-refractivity contribution in [1.82, 2.24) is 4.90 Å². The summed E-state index contributed by atoms with van der Waals surface area (Å²) in [5.74, 6) is -1.58. The van der Waals surface area contributed by atoms with Gasteiger partial charge in [0, 0.05) is 17.7 Å². The zero-order valence-corrected chi connectivity index (χ0v) is 22.3. The molecule has 2 aliphatic heterocycles. The van der Waals surface area contributed by atoms with Crippen LogP contribution >= 0.6 is 0 Å². The fraction of sp³-hybridized carbons (Fsp3) is 0.147. The summed E-state index contributed by atoms with van der Waals surface area (Å²) in [5, 5.41) is 0.304. The van der Waals surface area contributed by atoms with Crippen LogP contribution in [0.25, 0.3) is 11.0 Å². The monoisotopic (exact) mass is 544 g/mol. The normalized spacial score (nSPS) is 17.5. The molecule has 0 bridgehead atoms. The Labute approximate surface area is 235 Å². The molecule has 2 amide bonds. The molecular weight excluding hydrogens is 519 g/mol. The minimum atomic E-state index is -1.75. The van der Waals surface area contributed by atoms with E-state index >= 15 is 0 Å². The number of amides is 2. The van der Waals surface area contributed by atoms with Crippen LogP contribution in [0.4, 0.5) is 10.1 Å². The smallest absolute Gasteiger partial charge is 0.291 e. The standard InChI is InChI=1S/C34H25FN2O4/c1-21-15-16-28-24(19-21)30(38)29-31(41-28)32(39)37(18-17-22-9-3-2-4-10-22)34(29)25-12-6-8-14-27(25)36(33(34)40)20-23-11-5-7-13-26(23)35/h2-16,19H,17-18,20H2,1H3/t34-/m0/s1. The second kappa shape index (κ2) is 9.27. The van der Waals surface area contributed by atoms with Crippen molar-refractivity contribution in [2.45, 2.75) is 25.4 Å². The highest BCUT2D eigenvalue weighted by Gasteiger charge is 2.64. The highest BCUT2D eigenvalue weighted by molar-refractivity contribution is 6.17. The summed E-state index contributed by atoms with van der Waals surface area (Å²) in [5.41, 5.74) is 1.32. The van der Waals surface area contributed by atoms with Crippen LogP contribution in [0.1, 0.15) is 38.4 Å². The summed E-state index contributed by atoms with van der Waals surface area (Å²) in [6, 6.07) is 28.2. The minimum Gasteiger partial charge on any atom is -0.450 e. The number of carbonyl (C=O) groups is 2. The van der Waals surface area contributed by atoms with Gasteiger partial charge in [-0.3, -0.25) is 14.4 Å². The molecule has 0 N–H and O–H groups in total. The van der Waals surface area contributed by atoms with Gasteiger partial charge in [0.15, 0.2) is 11.0 Å². The van der Waals surface area contributed by atoms with E-state index in [1.54, 1.807) is 54.6 Å². The Morgan fingerprint density at radius 2 is 1.59 bits per heavy atom. The molecule has 0 aliphatic carbocycles. The zero-order chi connectivity index (χ0) is 28.3. The molecule has 2 aliphatic rings. The predicted octanol–water partition coefficient (Wildman–Crippen LogP) is 5.73. The lowest BCUT2D eigenvalue weighted by molar-refractivity contribution is -0.126. The molecule has 1 atom stereocenters. The first-order valence-corrected chi connectivity index (χ1v) is 13.5. The number of fused-ring (bicyclic) bond motifs is 5. The van der Waals surface area contributed by atoms with Crippen molar-refractivity contribution in [2.75, 3.05) is 11.4 Å². The van der Waals surface area contributed by atoms with Gasteiger partial charge in [-0.15, -0.1) is 0 Å². The largest absolute Gasteiger partial charge is 0.450 e. The van der Waals surface area contributed by atoms with E-state index in [0.717, 1.165) is 11.1 Å². The van der Waals surface area contributed by atoms with E-state index in [1.807, 2.05) is 43.3 Å². The first-order chi connectivity index (χ1) is 19.9. The van der Waals surface area contributed by atoms with Gasteiger partial charge in [-0.2, -0.15) is 0 Å². The molecular formula is C34H25FN2O4. The number of rotatable bonds is 5. The third kappa shape index (κ3) is 3.58. The molecule has 0 radical (unpaired) electrons. The van der Waals surface area contributed by atoms with E-state index in [1.165, 1.54) is 15.9 Å². The van der Waals surface area contributed by atoms with Crippen molar-refractivity contribution in [3.63, 3.8) is 0 Å². The molecule has 4 aromatic carbocycles. The Hall–Kier alpha value is -5.04. The van der Waals surface area contributed by atoms with Crippen LogP contribution in [0.15, 0.2) is 106 Å². The van der Waals surface area contributed by atoms with Gasteiger partial charge in [0.25, 0.3) is 11.8 Å². The average molecular weight is 545 g/mol. The maximum Gasteiger partial charge on any atom is 0.291 e. The molecule has 0 saturated carbocycles. The number of halogens is 1. The molecule has 1 spiro atoms. The lowest BCUT2D eigenvalue weighted by Crippen LogP contribution is -2.53. The van der Waals surface area contributed by atoms with Crippen molar-refractivity contribution < 1.29 is 18.4 Å². The molecule has 5 aromatic rings. The Morgan fingerprint density at radius 3 is 2.39 bits per heavy atom. The quantitative estimate of drug-likeness (QED) is 0.283. The maximum absolute atomic E-state index is 14.8. The number of para-hydroxylation sites is 1. The minimum absolute atomic E-state index is 0.0159. The van der Waals surface area contributed by atoms with Crippen LogP contribution in [0.3, 0.4) is 0 Å². The van der Waals surface area contributed by atoms with Crippen LogP contribution in [0.2, 0.25) is 0 Å². The van der Waals surface area contributed by atoms with E-state index in [9.17, 15) is 18.8 Å². The topological polar surface area (TPSA) is 70.8 Å². The third-order valence-electron chi connectivity index (χ3n) is 8.14. The summed E-state index contributed by atoms with van der Waals surface area (Å²) in [7, 11) is 0. The van der Waals surface area contributed by atoms with Gasteiger partial charge >= 0.3 is 0 Å². The lowest BCUT2D eigenvalue weighted by Gasteiger charge is -2.34. The fourth-order valence-corrected chi connectivity index (χ4v) is 6.24. The van der Waals surface area contributed by atoms with Crippen LogP contribution < -0.4 is 10.3 Å². The summed E-state index contributed by atoms with van der Waals surface area (Å²) in [6.45, 7) is 1.97. The molecule has 3 heterocycles. The number of nitrogens with zero attached hydrogens (tertiary/aromatic N) is 2. The highest BCUT2D eigenvalue weighted by Crippen LogP contribution is 2.53. The summed E-state index contributed by atoms with van der Waals surface area (Å²) < 4.78 is 20.9. The van der Waals surface area contributed by atoms with E-state index < -0.39 is 28.6 Å². The van der Waals surface area contributed by atoms with E-state index in [2.05, 4.69) is 0 Å². The third-order valence-corrected chi connectivity index (χ3v) is 8.14. The molecule has 41 heavy (non-hydrogen) atoms. The van der Waals surface area contributed by atoms with Gasteiger partial charge in [-0.1, -0.05) is 78.4 Å². The summed E-state index contributed by atoms with van der Waals surface area (Å²) in [4.78, 5) is 46.3. The van der Waals surface area contributed by atoms with Crippen LogP contribution in [0, 0.1) is 12.7 Å². The Kier molecular flexibility index (Phi) is 5.64. The first-order valence-electron chi connectivity index (χ1n) is 13.5. The van der Waals surface area contributed by atoms with Gasteiger partial charge in [0.05, 0.1) is 23.2 Å². The number of carbonyl (C=O) groups excluding carboxylic acids is 2. The van der Waals surface area contributed by atoms with E-state index in [4.69, 9.17) is 4.42 Å². The zero-order valence-electron chi connectivity index (χ0n) is 22.3. The van der Waals surface area contributed by atoms with Crippen molar-refractivity contribution >= 4 is 28.5 Å². The lowest BCUT2D eigenvalue weighted by atomic mass is 9.83. The van der Waals surface area contributed by atoms with Gasteiger partial charge in [-0.25, -0.2) is 4.39 Å². The molecule has 1 aromatic heterocycles. The van der Waals surface area contributed by atoms with Gasteiger partial charge in [-0.05, 0) is 43.2 Å². The summed E-state index contributed by atoms with van der Waals surface area (Å²) >= 11 is 0. The van der Waals surface area contributed by atoms with Crippen LogP contribution in [-0.4, -0.2) is 23.3 Å². The van der Waals surface area contributed by atoms with Crippen molar-refractivity contribution in [1.29, 1.82) is 0 Å². The molecule has 6 nitrogen and oxygen atoms in total. The number of hydrogen-bond acceptors (Lipinski definition) is 4. The molecule has 0 unspecified atom stereocenters. The van der Waals surface area contributed by atoms with E-state index in [-0.39, 0.29) is 30.0 Å². The van der Waals surface area contributed by atoms with Crippen LogP contribution in [0.5, 0.6) is 0 Å². The van der Waals surface area contributed by atoms with Crippen molar-refractivity contribution in [2.24, 2.45) is 0 Å². The SMILES string of the molecule is Cc1ccc2oc3c(c(=O)c2c1)[C@@]1(C(=O)N(Cc2ccccc2F)c2ccccc21)N(CCc1ccccc1)C3=O. The predicted molar refractivity (Wildman–Crippen MR) is 153 cm³/mol. The highest BCUT2D eigenvalue weighted by atomic mass is 19.1. The fourth-order valence-electron chi connectivity index (χ4n) is 6.24. The Bertz CT molecular complexity index is 1930. The maximum atomic E-state index is 14.8.